The summed E-state index contributed by atoms with van der Waals surface area (Å²) in [5.74, 6) is -0.900. The van der Waals surface area contributed by atoms with Crippen LogP contribution in [-0.4, -0.2) is 47.0 Å². The first-order chi connectivity index (χ1) is 25.4. The van der Waals surface area contributed by atoms with Crippen LogP contribution in [0, 0.1) is 13.8 Å². The summed E-state index contributed by atoms with van der Waals surface area (Å²) in [6, 6.07) is 29.1. The summed E-state index contributed by atoms with van der Waals surface area (Å²) in [5.41, 5.74) is 3.86. The van der Waals surface area contributed by atoms with Gasteiger partial charge in [-0.1, -0.05) is 77.9 Å². The molecule has 1 amide bonds. The molecule has 1 atom stereocenters. The van der Waals surface area contributed by atoms with Crippen LogP contribution in [0.1, 0.15) is 44.6 Å². The minimum Gasteiger partial charge on any atom is -0.488 e. The molecule has 2 aliphatic rings. The van der Waals surface area contributed by atoms with Crippen LogP contribution in [0.4, 0.5) is 0 Å². The average molecular weight is 756 g/mol. The Labute approximate surface area is 308 Å². The Balaban J connectivity index is 1.31. The molecule has 274 valence electrons. The fourth-order valence-corrected chi connectivity index (χ4v) is 7.93. The van der Waals surface area contributed by atoms with Crippen LogP contribution >= 0.6 is 0 Å². The first-order valence-corrected chi connectivity index (χ1v) is 19.8. The molecule has 0 radical (unpaired) electrons. The molecule has 0 saturated carbocycles. The molecule has 1 unspecified atom stereocenters. The van der Waals surface area contributed by atoms with Crippen molar-refractivity contribution in [2.75, 3.05) is 13.2 Å². The molecule has 2 aliphatic heterocycles. The normalized spacial score (nSPS) is 15.5. The molecule has 2 heterocycles. The molecule has 0 bridgehead atoms. The van der Waals surface area contributed by atoms with Crippen molar-refractivity contribution in [1.29, 1.82) is 0 Å². The molecule has 11 nitrogen and oxygen atoms in total. The highest BCUT2D eigenvalue weighted by Crippen LogP contribution is 2.41. The van der Waals surface area contributed by atoms with Gasteiger partial charge in [0.25, 0.3) is 5.91 Å². The van der Waals surface area contributed by atoms with Crippen molar-refractivity contribution in [3.8, 4) is 23.0 Å². The molecule has 5 aromatic carbocycles. The summed E-state index contributed by atoms with van der Waals surface area (Å²) >= 11 is 0. The van der Waals surface area contributed by atoms with E-state index < -0.39 is 31.9 Å². The van der Waals surface area contributed by atoms with E-state index in [1.165, 1.54) is 35.2 Å². The Bertz CT molecular complexity index is 2340. The van der Waals surface area contributed by atoms with Crippen LogP contribution < -0.4 is 17.8 Å². The van der Waals surface area contributed by atoms with E-state index in [1.807, 2.05) is 62.4 Å². The summed E-state index contributed by atoms with van der Waals surface area (Å²) in [5, 5.41) is 0. The monoisotopic (exact) mass is 755 g/mol. The Hall–Kier alpha value is -5.37. The molecule has 5 aromatic rings. The van der Waals surface area contributed by atoms with Gasteiger partial charge < -0.3 is 27.5 Å². The first-order valence-electron chi connectivity index (χ1n) is 17.0. The maximum absolute atomic E-state index is 14.7. The molecule has 1 fully saturated rings. The second-order valence-electron chi connectivity index (χ2n) is 12.9. The third kappa shape index (κ3) is 8.17. The summed E-state index contributed by atoms with van der Waals surface area (Å²) in [6.45, 7) is 5.01. The summed E-state index contributed by atoms with van der Waals surface area (Å²) in [7, 11) is -8.96. The number of aryl methyl sites for hydroxylation is 2. The number of hydrogen-bond acceptors (Lipinski definition) is 10. The molecule has 1 saturated heterocycles. The van der Waals surface area contributed by atoms with Crippen LogP contribution in [0.5, 0.6) is 23.0 Å². The van der Waals surface area contributed by atoms with Crippen molar-refractivity contribution in [3.05, 3.63) is 143 Å². The molecular formula is C40H37NO10S2. The summed E-state index contributed by atoms with van der Waals surface area (Å²) in [6.07, 6.45) is 0.637. The predicted octanol–water partition coefficient (Wildman–Crippen LogP) is 6.74. The summed E-state index contributed by atoms with van der Waals surface area (Å²) < 4.78 is 83.6. The van der Waals surface area contributed by atoms with E-state index in [-0.39, 0.29) is 52.7 Å². The van der Waals surface area contributed by atoms with Gasteiger partial charge in [0.2, 0.25) is 0 Å². The van der Waals surface area contributed by atoms with E-state index in [9.17, 15) is 21.6 Å². The lowest BCUT2D eigenvalue weighted by molar-refractivity contribution is 0.0743. The van der Waals surface area contributed by atoms with Crippen molar-refractivity contribution >= 4 is 26.1 Å². The van der Waals surface area contributed by atoms with Gasteiger partial charge in [0.1, 0.15) is 45.3 Å². The van der Waals surface area contributed by atoms with Crippen LogP contribution in [0.3, 0.4) is 0 Å². The Morgan fingerprint density at radius 3 is 2.02 bits per heavy atom. The Morgan fingerprint density at radius 1 is 0.736 bits per heavy atom. The van der Waals surface area contributed by atoms with Crippen molar-refractivity contribution in [2.24, 2.45) is 0 Å². The van der Waals surface area contributed by atoms with E-state index in [2.05, 4.69) is 0 Å². The quantitative estimate of drug-likeness (QED) is 0.126. The van der Waals surface area contributed by atoms with E-state index in [4.69, 9.17) is 22.6 Å². The van der Waals surface area contributed by atoms with Gasteiger partial charge in [-0.3, -0.25) is 4.79 Å². The molecule has 0 aliphatic carbocycles. The van der Waals surface area contributed by atoms with Gasteiger partial charge in [0.05, 0.1) is 19.8 Å². The number of carbonyl (C=O) groups excluding carboxylic acids is 1. The third-order valence-electron chi connectivity index (χ3n) is 8.92. The zero-order valence-corrected chi connectivity index (χ0v) is 30.7. The minimum absolute atomic E-state index is 0.0406. The second-order valence-corrected chi connectivity index (χ2v) is 16.0. The van der Waals surface area contributed by atoms with Gasteiger partial charge in [-0.2, -0.15) is 16.8 Å². The van der Waals surface area contributed by atoms with Gasteiger partial charge in [0, 0.05) is 30.7 Å². The number of hydrogen-bond donors (Lipinski definition) is 0. The minimum atomic E-state index is -4.55. The molecule has 13 heteroatoms. The van der Waals surface area contributed by atoms with E-state index in [0.717, 1.165) is 40.3 Å². The van der Waals surface area contributed by atoms with Gasteiger partial charge >= 0.3 is 20.2 Å². The Morgan fingerprint density at radius 2 is 1.38 bits per heavy atom. The number of benzene rings is 5. The fourth-order valence-electron chi connectivity index (χ4n) is 6.08. The average Bonchev–Trinajstić information content (AvgIpc) is 3.82. The Kier molecular flexibility index (Phi) is 10.1. The number of fused-ring (bicyclic) bond motifs is 1. The smallest absolute Gasteiger partial charge is 0.339 e. The van der Waals surface area contributed by atoms with E-state index >= 15 is 0 Å². The highest BCUT2D eigenvalue weighted by atomic mass is 32.2. The van der Waals surface area contributed by atoms with E-state index in [0.29, 0.717) is 19.0 Å². The maximum Gasteiger partial charge on any atom is 0.339 e. The van der Waals surface area contributed by atoms with Crippen molar-refractivity contribution < 1.29 is 44.2 Å². The van der Waals surface area contributed by atoms with E-state index in [1.54, 1.807) is 24.3 Å². The van der Waals surface area contributed by atoms with Gasteiger partial charge in [-0.25, -0.2) is 0 Å². The molecule has 7 rings (SSSR count). The first kappa shape index (κ1) is 36.0. The number of rotatable bonds is 12. The van der Waals surface area contributed by atoms with Gasteiger partial charge in [-0.15, -0.1) is 0 Å². The predicted molar refractivity (Wildman–Crippen MR) is 195 cm³/mol. The summed E-state index contributed by atoms with van der Waals surface area (Å²) in [4.78, 5) is 15.9. The van der Waals surface area contributed by atoms with Crippen LogP contribution in [-0.2, 0) is 44.7 Å². The fraction of sp³-hybridized carbons (Fsp3) is 0.225. The maximum atomic E-state index is 14.7. The standard InChI is InChI=1S/C40H37NO10S2/c1-27-11-15-33(16-12-27)52(43,44)50-32-21-37(48-25-29-7-4-3-5-8-29)39(38(22-32)51-53(45,46)34-17-13-28(2)14-18-34)40(42)41-23-30-9-6-10-36(35(30)24-41)49-31-19-20-47-26-31/h3-18,21-22,31H,19-20,23-26H2,1-2H3. The number of nitrogens with zero attached hydrogens (tertiary/aromatic N) is 1. The van der Waals surface area contributed by atoms with Crippen LogP contribution in [0.2, 0.25) is 0 Å². The number of amides is 1. The lowest BCUT2D eigenvalue weighted by Gasteiger charge is -2.22. The SMILES string of the molecule is Cc1ccc(S(=O)(=O)Oc2cc(OCc3ccccc3)c(C(=O)N3Cc4cccc(OC5CCOC5)c4C3)c(OS(=O)(=O)c3ccc(C)cc3)c2)cc1. The van der Waals surface area contributed by atoms with Crippen LogP contribution in [0.15, 0.2) is 119 Å². The number of carbonyl (C=O) groups is 1. The zero-order valence-electron chi connectivity index (χ0n) is 29.1. The highest BCUT2D eigenvalue weighted by Gasteiger charge is 2.34. The molecule has 53 heavy (non-hydrogen) atoms. The van der Waals surface area contributed by atoms with Crippen molar-refractivity contribution in [3.63, 3.8) is 0 Å². The topological polar surface area (TPSA) is 135 Å². The molecule has 0 N–H and O–H groups in total. The zero-order chi connectivity index (χ0) is 37.2. The highest BCUT2D eigenvalue weighted by molar-refractivity contribution is 7.87. The molecule has 0 spiro atoms. The number of ether oxygens (including phenoxy) is 3. The van der Waals surface area contributed by atoms with Crippen LogP contribution in [0.25, 0.3) is 0 Å². The molecular weight excluding hydrogens is 719 g/mol. The van der Waals surface area contributed by atoms with Gasteiger partial charge in [-0.05, 0) is 55.3 Å². The lowest BCUT2D eigenvalue weighted by Crippen LogP contribution is -2.27. The third-order valence-corrected chi connectivity index (χ3v) is 11.4. The lowest BCUT2D eigenvalue weighted by atomic mass is 10.1. The van der Waals surface area contributed by atoms with Crippen molar-refractivity contribution in [2.45, 2.75) is 55.9 Å². The second kappa shape index (κ2) is 14.9. The molecule has 0 aromatic heterocycles. The van der Waals surface area contributed by atoms with Gasteiger partial charge in [0.15, 0.2) is 5.75 Å². The largest absolute Gasteiger partial charge is 0.488 e. The van der Waals surface area contributed by atoms with Crippen molar-refractivity contribution in [1.82, 2.24) is 4.90 Å².